The van der Waals surface area contributed by atoms with Crippen LogP contribution in [0.4, 0.5) is 0 Å². The zero-order valence-corrected chi connectivity index (χ0v) is 10.6. The molecule has 0 bridgehead atoms. The maximum absolute atomic E-state index is 7.50. The number of aromatic amines is 1. The van der Waals surface area contributed by atoms with Gasteiger partial charge in [-0.05, 0) is 36.9 Å². The summed E-state index contributed by atoms with van der Waals surface area (Å²) in [6.45, 7) is 1.82. The minimum Gasteiger partial charge on any atom is -0.384 e. The van der Waals surface area contributed by atoms with Crippen LogP contribution >= 0.6 is 23.4 Å². The first kappa shape index (κ1) is 11.9. The smallest absolute Gasteiger partial charge is 0.213 e. The number of nitrogens with two attached hydrogens (primary N) is 1. The number of benzene rings is 1. The maximum atomic E-state index is 7.50. The van der Waals surface area contributed by atoms with E-state index in [4.69, 9.17) is 22.7 Å². The first-order chi connectivity index (χ1) is 8.06. The van der Waals surface area contributed by atoms with E-state index in [0.717, 1.165) is 10.7 Å². The van der Waals surface area contributed by atoms with E-state index in [1.54, 1.807) is 18.2 Å². The van der Waals surface area contributed by atoms with Crippen molar-refractivity contribution in [3.63, 3.8) is 0 Å². The van der Waals surface area contributed by atoms with Gasteiger partial charge in [0.2, 0.25) is 5.16 Å². The predicted molar refractivity (Wildman–Crippen MR) is 67.7 cm³/mol. The van der Waals surface area contributed by atoms with Crippen molar-refractivity contribution < 1.29 is 0 Å². The largest absolute Gasteiger partial charge is 0.384 e. The fourth-order valence-corrected chi connectivity index (χ4v) is 2.33. The van der Waals surface area contributed by atoms with Crippen molar-refractivity contribution in [2.75, 3.05) is 0 Å². The summed E-state index contributed by atoms with van der Waals surface area (Å²) < 4.78 is 0. The average molecular weight is 268 g/mol. The Kier molecular flexibility index (Phi) is 3.35. The van der Waals surface area contributed by atoms with Gasteiger partial charge in [-0.25, -0.2) is 4.98 Å². The number of nitrogen functional groups attached to an aromatic ring is 1. The molecular weight excluding hydrogens is 258 g/mol. The molecule has 1 aromatic heterocycles. The van der Waals surface area contributed by atoms with Gasteiger partial charge in [0.25, 0.3) is 0 Å². The monoisotopic (exact) mass is 267 g/mol. The third-order valence-corrected chi connectivity index (χ3v) is 3.19. The number of hydrogen-bond acceptors (Lipinski definition) is 4. The van der Waals surface area contributed by atoms with Crippen LogP contribution in [0.1, 0.15) is 11.4 Å². The Morgan fingerprint density at radius 1 is 1.53 bits per heavy atom. The molecule has 0 aliphatic heterocycles. The molecule has 0 amide bonds. The topological polar surface area (TPSA) is 91.4 Å². The van der Waals surface area contributed by atoms with Crippen molar-refractivity contribution in [2.24, 2.45) is 5.73 Å². The minimum absolute atomic E-state index is 0.0257. The number of halogens is 1. The van der Waals surface area contributed by atoms with Gasteiger partial charge < -0.3 is 5.73 Å². The van der Waals surface area contributed by atoms with Gasteiger partial charge in [0.15, 0.2) is 0 Å². The Hall–Kier alpha value is -1.53. The molecule has 2 aromatic rings. The SMILES string of the molecule is Cc1nc(Sc2ccc(Cl)cc2C(=N)N)n[nH]1. The van der Waals surface area contributed by atoms with E-state index in [1.807, 2.05) is 6.92 Å². The van der Waals surface area contributed by atoms with Crippen molar-refractivity contribution in [3.05, 3.63) is 34.6 Å². The summed E-state index contributed by atoms with van der Waals surface area (Å²) in [6.07, 6.45) is 0. The van der Waals surface area contributed by atoms with Gasteiger partial charge in [0.05, 0.1) is 0 Å². The number of hydrogen-bond donors (Lipinski definition) is 3. The van der Waals surface area contributed by atoms with Crippen LogP contribution in [0, 0.1) is 12.3 Å². The van der Waals surface area contributed by atoms with Crippen LogP contribution < -0.4 is 5.73 Å². The molecule has 0 atom stereocenters. The summed E-state index contributed by atoms with van der Waals surface area (Å²) in [7, 11) is 0. The summed E-state index contributed by atoms with van der Waals surface area (Å²) >= 11 is 7.21. The number of aromatic nitrogens is 3. The molecule has 0 saturated carbocycles. The fourth-order valence-electron chi connectivity index (χ4n) is 1.27. The molecule has 88 valence electrons. The van der Waals surface area contributed by atoms with E-state index in [0.29, 0.717) is 15.7 Å². The third kappa shape index (κ3) is 2.78. The lowest BCUT2D eigenvalue weighted by molar-refractivity contribution is 0.969. The van der Waals surface area contributed by atoms with Crippen LogP contribution in [-0.4, -0.2) is 21.0 Å². The van der Waals surface area contributed by atoms with Gasteiger partial charge in [-0.1, -0.05) is 11.6 Å². The second kappa shape index (κ2) is 4.77. The highest BCUT2D eigenvalue weighted by Gasteiger charge is 2.10. The first-order valence-electron chi connectivity index (χ1n) is 4.77. The zero-order chi connectivity index (χ0) is 12.4. The number of aryl methyl sites for hydroxylation is 1. The molecule has 7 heteroatoms. The molecule has 0 fully saturated rings. The minimum atomic E-state index is -0.0257. The molecule has 0 spiro atoms. The van der Waals surface area contributed by atoms with Gasteiger partial charge >= 0.3 is 0 Å². The molecule has 5 nitrogen and oxygen atoms in total. The van der Waals surface area contributed by atoms with E-state index in [2.05, 4.69) is 15.2 Å². The van der Waals surface area contributed by atoms with Gasteiger partial charge in [-0.3, -0.25) is 10.5 Å². The lowest BCUT2D eigenvalue weighted by atomic mass is 10.2. The van der Waals surface area contributed by atoms with Crippen molar-refractivity contribution >= 4 is 29.2 Å². The van der Waals surface area contributed by atoms with Crippen LogP contribution in [0.15, 0.2) is 28.3 Å². The molecule has 2 rings (SSSR count). The van der Waals surface area contributed by atoms with Crippen molar-refractivity contribution in [1.29, 1.82) is 5.41 Å². The van der Waals surface area contributed by atoms with E-state index in [1.165, 1.54) is 11.8 Å². The van der Waals surface area contributed by atoms with Crippen molar-refractivity contribution in [2.45, 2.75) is 17.0 Å². The highest BCUT2D eigenvalue weighted by atomic mass is 35.5. The van der Waals surface area contributed by atoms with Crippen LogP contribution in [0.25, 0.3) is 0 Å². The van der Waals surface area contributed by atoms with Crippen LogP contribution in [-0.2, 0) is 0 Å². The highest BCUT2D eigenvalue weighted by Crippen LogP contribution is 2.29. The summed E-state index contributed by atoms with van der Waals surface area (Å²) in [4.78, 5) is 4.99. The lowest BCUT2D eigenvalue weighted by Crippen LogP contribution is -2.12. The number of amidine groups is 1. The molecular formula is C10H10ClN5S. The summed E-state index contributed by atoms with van der Waals surface area (Å²) in [5.74, 6) is 0.716. The molecule has 0 aliphatic carbocycles. The van der Waals surface area contributed by atoms with Crippen molar-refractivity contribution in [3.8, 4) is 0 Å². The Bertz CT molecular complexity index is 566. The van der Waals surface area contributed by atoms with Gasteiger partial charge in [0, 0.05) is 15.5 Å². The second-order valence-electron chi connectivity index (χ2n) is 3.36. The number of nitrogens with one attached hydrogen (secondary N) is 2. The molecule has 4 N–H and O–H groups in total. The normalized spacial score (nSPS) is 10.5. The molecule has 17 heavy (non-hydrogen) atoms. The molecule has 0 unspecified atom stereocenters. The van der Waals surface area contributed by atoms with Crippen LogP contribution in [0.3, 0.4) is 0 Å². The Morgan fingerprint density at radius 2 is 2.29 bits per heavy atom. The van der Waals surface area contributed by atoms with E-state index < -0.39 is 0 Å². The van der Waals surface area contributed by atoms with Crippen molar-refractivity contribution in [1.82, 2.24) is 15.2 Å². The standard InChI is InChI=1S/C10H10ClN5S/c1-5-14-10(16-15-5)17-8-3-2-6(11)4-7(8)9(12)13/h2-4H,1H3,(H3,12,13)(H,14,15,16). The maximum Gasteiger partial charge on any atom is 0.213 e. The molecule has 0 saturated heterocycles. The third-order valence-electron chi connectivity index (χ3n) is 2.01. The Labute approximate surface area is 107 Å². The number of nitrogens with zero attached hydrogens (tertiary/aromatic N) is 2. The van der Waals surface area contributed by atoms with Gasteiger partial charge in [-0.2, -0.15) is 0 Å². The Balaban J connectivity index is 2.35. The Morgan fingerprint density at radius 3 is 2.88 bits per heavy atom. The molecule has 1 heterocycles. The number of H-pyrrole nitrogens is 1. The first-order valence-corrected chi connectivity index (χ1v) is 5.96. The van der Waals surface area contributed by atoms with Gasteiger partial charge in [-0.15, -0.1) is 5.10 Å². The van der Waals surface area contributed by atoms with Crippen LogP contribution in [0.2, 0.25) is 5.02 Å². The van der Waals surface area contributed by atoms with Crippen LogP contribution in [0.5, 0.6) is 0 Å². The summed E-state index contributed by atoms with van der Waals surface area (Å²) in [5.41, 5.74) is 6.09. The van der Waals surface area contributed by atoms with Gasteiger partial charge in [0.1, 0.15) is 11.7 Å². The van der Waals surface area contributed by atoms with E-state index >= 15 is 0 Å². The summed E-state index contributed by atoms with van der Waals surface area (Å²) in [5, 5.41) is 15.4. The summed E-state index contributed by atoms with van der Waals surface area (Å²) in [6, 6.07) is 5.21. The van der Waals surface area contributed by atoms with E-state index in [9.17, 15) is 0 Å². The zero-order valence-electron chi connectivity index (χ0n) is 8.99. The fraction of sp³-hybridized carbons (Fsp3) is 0.100. The molecule has 1 aromatic carbocycles. The highest BCUT2D eigenvalue weighted by molar-refractivity contribution is 7.99. The number of rotatable bonds is 3. The quantitative estimate of drug-likeness (QED) is 0.587. The lowest BCUT2D eigenvalue weighted by Gasteiger charge is -2.05. The van der Waals surface area contributed by atoms with E-state index in [-0.39, 0.29) is 5.84 Å². The predicted octanol–water partition coefficient (Wildman–Crippen LogP) is 2.20. The molecule has 0 radical (unpaired) electrons. The second-order valence-corrected chi connectivity index (χ2v) is 4.81. The average Bonchev–Trinajstić information content (AvgIpc) is 2.66. The molecule has 0 aliphatic rings.